The van der Waals surface area contributed by atoms with Crippen molar-refractivity contribution in [3.05, 3.63) is 11.6 Å². The first-order chi connectivity index (χ1) is 7.18. The van der Waals surface area contributed by atoms with Crippen molar-refractivity contribution in [1.82, 2.24) is 10.2 Å². The van der Waals surface area contributed by atoms with Gasteiger partial charge in [0.05, 0.1) is 5.60 Å². The molecule has 1 fully saturated rings. The molecule has 3 heteroatoms. The first-order valence-electron chi connectivity index (χ1n) is 5.99. The molecule has 2 rings (SSSR count). The van der Waals surface area contributed by atoms with E-state index in [9.17, 15) is 5.11 Å². The zero-order chi connectivity index (χ0) is 10.7. The SMILES string of the molecule is CC1=CCN(CC2(O)CCNCC2)CC1. The summed E-state index contributed by atoms with van der Waals surface area (Å²) in [6.45, 7) is 7.08. The summed E-state index contributed by atoms with van der Waals surface area (Å²) in [7, 11) is 0. The number of nitrogens with zero attached hydrogens (tertiary/aromatic N) is 1. The molecule has 0 bridgehead atoms. The average Bonchev–Trinajstić information content (AvgIpc) is 2.22. The van der Waals surface area contributed by atoms with Crippen molar-refractivity contribution < 1.29 is 5.11 Å². The lowest BCUT2D eigenvalue weighted by molar-refractivity contribution is -0.0191. The van der Waals surface area contributed by atoms with E-state index in [4.69, 9.17) is 0 Å². The third-order valence-electron chi connectivity index (χ3n) is 3.57. The molecule has 0 aromatic rings. The first kappa shape index (κ1) is 11.1. The minimum absolute atomic E-state index is 0.440. The van der Waals surface area contributed by atoms with Gasteiger partial charge in [-0.15, -0.1) is 0 Å². The summed E-state index contributed by atoms with van der Waals surface area (Å²) in [4.78, 5) is 2.37. The van der Waals surface area contributed by atoms with Gasteiger partial charge in [0.2, 0.25) is 0 Å². The van der Waals surface area contributed by atoms with Crippen LogP contribution in [0.15, 0.2) is 11.6 Å². The van der Waals surface area contributed by atoms with Crippen LogP contribution < -0.4 is 5.32 Å². The van der Waals surface area contributed by atoms with Gasteiger partial charge in [-0.2, -0.15) is 0 Å². The summed E-state index contributed by atoms with van der Waals surface area (Å²) in [6.07, 6.45) is 5.24. The summed E-state index contributed by atoms with van der Waals surface area (Å²) in [5.41, 5.74) is 1.05. The quantitative estimate of drug-likeness (QED) is 0.660. The Morgan fingerprint density at radius 2 is 2.20 bits per heavy atom. The van der Waals surface area contributed by atoms with E-state index in [2.05, 4.69) is 23.2 Å². The van der Waals surface area contributed by atoms with E-state index in [-0.39, 0.29) is 0 Å². The first-order valence-corrected chi connectivity index (χ1v) is 5.99. The summed E-state index contributed by atoms with van der Waals surface area (Å²) in [5, 5.41) is 13.7. The Bertz CT molecular complexity index is 244. The van der Waals surface area contributed by atoms with Crippen LogP contribution >= 0.6 is 0 Å². The maximum atomic E-state index is 10.4. The van der Waals surface area contributed by atoms with Gasteiger partial charge in [0, 0.05) is 19.6 Å². The second-order valence-electron chi connectivity index (χ2n) is 5.01. The smallest absolute Gasteiger partial charge is 0.0798 e. The van der Waals surface area contributed by atoms with Gasteiger partial charge in [0.15, 0.2) is 0 Å². The monoisotopic (exact) mass is 210 g/mol. The van der Waals surface area contributed by atoms with Crippen molar-refractivity contribution >= 4 is 0 Å². The minimum atomic E-state index is -0.440. The lowest BCUT2D eigenvalue weighted by Crippen LogP contribution is -2.50. The summed E-state index contributed by atoms with van der Waals surface area (Å²) in [6, 6.07) is 0. The zero-order valence-electron chi connectivity index (χ0n) is 9.63. The maximum Gasteiger partial charge on any atom is 0.0798 e. The highest BCUT2D eigenvalue weighted by Crippen LogP contribution is 2.21. The zero-order valence-corrected chi connectivity index (χ0v) is 9.63. The number of hydrogen-bond acceptors (Lipinski definition) is 3. The molecule has 0 spiro atoms. The molecule has 2 aliphatic rings. The van der Waals surface area contributed by atoms with Gasteiger partial charge in [-0.05, 0) is 39.3 Å². The Labute approximate surface area is 92.2 Å². The number of nitrogens with one attached hydrogen (secondary N) is 1. The summed E-state index contributed by atoms with van der Waals surface area (Å²) in [5.74, 6) is 0. The van der Waals surface area contributed by atoms with Crippen molar-refractivity contribution in [2.45, 2.75) is 31.8 Å². The van der Waals surface area contributed by atoms with Crippen LogP contribution in [0.1, 0.15) is 26.2 Å². The molecule has 0 unspecified atom stereocenters. The molecule has 0 atom stereocenters. The van der Waals surface area contributed by atoms with Crippen LogP contribution in [0, 0.1) is 0 Å². The van der Waals surface area contributed by atoms with Crippen molar-refractivity contribution in [3.8, 4) is 0 Å². The number of rotatable bonds is 2. The predicted molar refractivity (Wildman–Crippen MR) is 61.9 cm³/mol. The molecule has 2 heterocycles. The minimum Gasteiger partial charge on any atom is -0.388 e. The fourth-order valence-electron chi connectivity index (χ4n) is 2.42. The Morgan fingerprint density at radius 1 is 1.47 bits per heavy atom. The molecular weight excluding hydrogens is 188 g/mol. The lowest BCUT2D eigenvalue weighted by atomic mass is 9.91. The number of β-amino-alcohol motifs (C(OH)–C–C–N with tert-alkyl or cyclic N) is 1. The average molecular weight is 210 g/mol. The van der Waals surface area contributed by atoms with Crippen LogP contribution in [0.4, 0.5) is 0 Å². The van der Waals surface area contributed by atoms with Crippen molar-refractivity contribution in [3.63, 3.8) is 0 Å². The normalized spacial score (nSPS) is 27.5. The fraction of sp³-hybridized carbons (Fsp3) is 0.833. The highest BCUT2D eigenvalue weighted by Gasteiger charge is 2.31. The van der Waals surface area contributed by atoms with E-state index in [1.165, 1.54) is 5.57 Å². The predicted octanol–water partition coefficient (Wildman–Crippen LogP) is 0.753. The van der Waals surface area contributed by atoms with Crippen molar-refractivity contribution in [2.24, 2.45) is 0 Å². The molecule has 0 amide bonds. The fourth-order valence-corrected chi connectivity index (χ4v) is 2.42. The van der Waals surface area contributed by atoms with E-state index >= 15 is 0 Å². The van der Waals surface area contributed by atoms with E-state index in [1.54, 1.807) is 0 Å². The van der Waals surface area contributed by atoms with Crippen LogP contribution in [0.2, 0.25) is 0 Å². The lowest BCUT2D eigenvalue weighted by Gasteiger charge is -2.38. The van der Waals surface area contributed by atoms with Crippen LogP contribution in [0.3, 0.4) is 0 Å². The highest BCUT2D eigenvalue weighted by molar-refractivity contribution is 5.04. The van der Waals surface area contributed by atoms with E-state index in [0.29, 0.717) is 0 Å². The Kier molecular flexibility index (Phi) is 3.44. The summed E-state index contributed by atoms with van der Waals surface area (Å²) < 4.78 is 0. The molecule has 0 saturated carbocycles. The molecule has 1 saturated heterocycles. The number of aliphatic hydroxyl groups is 1. The molecule has 3 nitrogen and oxygen atoms in total. The van der Waals surface area contributed by atoms with Crippen molar-refractivity contribution in [1.29, 1.82) is 0 Å². The Hall–Kier alpha value is -0.380. The van der Waals surface area contributed by atoms with Gasteiger partial charge >= 0.3 is 0 Å². The second-order valence-corrected chi connectivity index (χ2v) is 5.01. The number of hydrogen-bond donors (Lipinski definition) is 2. The van der Waals surface area contributed by atoms with E-state index in [0.717, 1.165) is 52.0 Å². The standard InChI is InChI=1S/C12H22N2O/c1-11-2-8-14(9-3-11)10-12(15)4-6-13-7-5-12/h2,13,15H,3-10H2,1H3. The molecule has 0 aromatic carbocycles. The molecule has 15 heavy (non-hydrogen) atoms. The largest absolute Gasteiger partial charge is 0.388 e. The summed E-state index contributed by atoms with van der Waals surface area (Å²) >= 11 is 0. The van der Waals surface area contributed by atoms with Gasteiger partial charge < -0.3 is 10.4 Å². The van der Waals surface area contributed by atoms with Crippen LogP contribution in [-0.2, 0) is 0 Å². The van der Waals surface area contributed by atoms with E-state index < -0.39 is 5.60 Å². The molecule has 2 N–H and O–H groups in total. The van der Waals surface area contributed by atoms with Gasteiger partial charge in [0.25, 0.3) is 0 Å². The van der Waals surface area contributed by atoms with Gasteiger partial charge in [-0.1, -0.05) is 11.6 Å². The van der Waals surface area contributed by atoms with E-state index in [1.807, 2.05) is 0 Å². The molecular formula is C12H22N2O. The molecule has 0 aliphatic carbocycles. The molecule has 86 valence electrons. The molecule has 0 aromatic heterocycles. The highest BCUT2D eigenvalue weighted by atomic mass is 16.3. The Morgan fingerprint density at radius 3 is 2.80 bits per heavy atom. The third kappa shape index (κ3) is 3.03. The number of piperidine rings is 1. The topological polar surface area (TPSA) is 35.5 Å². The molecule has 2 aliphatic heterocycles. The third-order valence-corrected chi connectivity index (χ3v) is 3.57. The van der Waals surface area contributed by atoms with Crippen LogP contribution in [0.5, 0.6) is 0 Å². The van der Waals surface area contributed by atoms with Gasteiger partial charge in [-0.25, -0.2) is 0 Å². The van der Waals surface area contributed by atoms with Gasteiger partial charge in [0.1, 0.15) is 0 Å². The molecule has 0 radical (unpaired) electrons. The Balaban J connectivity index is 1.85. The van der Waals surface area contributed by atoms with Gasteiger partial charge in [-0.3, -0.25) is 4.90 Å². The van der Waals surface area contributed by atoms with Crippen LogP contribution in [-0.4, -0.2) is 48.3 Å². The van der Waals surface area contributed by atoms with Crippen molar-refractivity contribution in [2.75, 3.05) is 32.7 Å². The second kappa shape index (κ2) is 4.64. The maximum absolute atomic E-state index is 10.4. The van der Waals surface area contributed by atoms with Crippen LogP contribution in [0.25, 0.3) is 0 Å².